The molecule has 0 bridgehead atoms. The van der Waals surface area contributed by atoms with Crippen molar-refractivity contribution in [2.24, 2.45) is 0 Å². The molecule has 4 heteroatoms. The number of carbonyl (C=O) groups is 1. The second-order valence-electron chi connectivity index (χ2n) is 4.03. The maximum atomic E-state index is 11.1. The summed E-state index contributed by atoms with van der Waals surface area (Å²) < 4.78 is 0. The van der Waals surface area contributed by atoms with E-state index in [4.69, 9.17) is 5.11 Å². The second-order valence-corrected chi connectivity index (χ2v) is 4.03. The lowest BCUT2D eigenvalue weighted by Crippen LogP contribution is -2.19. The molecule has 0 unspecified atom stereocenters. The molecule has 0 fully saturated rings. The molecular weight excluding hydrogens is 228 g/mol. The topological polar surface area (TPSA) is 53.4 Å². The van der Waals surface area contributed by atoms with Crippen LogP contribution in [0.1, 0.15) is 10.5 Å². The van der Waals surface area contributed by atoms with Crippen LogP contribution >= 0.6 is 0 Å². The molecule has 0 saturated heterocycles. The molecule has 18 heavy (non-hydrogen) atoms. The number of likely N-dealkylation sites (N-methyl/N-ethyl adjacent to an activating group) is 1. The zero-order valence-corrected chi connectivity index (χ0v) is 10.1. The molecule has 0 atom stereocenters. The van der Waals surface area contributed by atoms with Gasteiger partial charge in [-0.25, -0.2) is 9.78 Å². The lowest BCUT2D eigenvalue weighted by atomic mass is 10.1. The van der Waals surface area contributed by atoms with Crippen molar-refractivity contribution in [3.05, 3.63) is 48.7 Å². The van der Waals surface area contributed by atoms with Crippen molar-refractivity contribution in [2.45, 2.75) is 0 Å². The first-order chi connectivity index (χ1) is 8.63. The van der Waals surface area contributed by atoms with Crippen molar-refractivity contribution >= 4 is 22.6 Å². The Kier molecular flexibility index (Phi) is 3.28. The average molecular weight is 242 g/mol. The van der Waals surface area contributed by atoms with Crippen molar-refractivity contribution < 1.29 is 9.90 Å². The number of aromatic carboxylic acids is 1. The van der Waals surface area contributed by atoms with Gasteiger partial charge in [-0.05, 0) is 11.5 Å². The van der Waals surface area contributed by atoms with E-state index < -0.39 is 5.97 Å². The minimum absolute atomic E-state index is 0.0552. The average Bonchev–Trinajstić information content (AvgIpc) is 2.37. The highest BCUT2D eigenvalue weighted by atomic mass is 16.4. The molecule has 0 saturated carbocycles. The normalized spacial score (nSPS) is 10.3. The van der Waals surface area contributed by atoms with Gasteiger partial charge in [0.2, 0.25) is 0 Å². The van der Waals surface area contributed by atoms with Crippen LogP contribution in [0.2, 0.25) is 0 Å². The van der Waals surface area contributed by atoms with Crippen LogP contribution in [0.25, 0.3) is 10.8 Å². The Hall–Kier alpha value is -2.36. The van der Waals surface area contributed by atoms with E-state index in [-0.39, 0.29) is 5.69 Å². The van der Waals surface area contributed by atoms with Gasteiger partial charge in [0.25, 0.3) is 0 Å². The first kappa shape index (κ1) is 12.1. The van der Waals surface area contributed by atoms with Gasteiger partial charge in [0, 0.05) is 19.0 Å². The number of carboxylic acids is 1. The third kappa shape index (κ3) is 2.18. The molecule has 1 aromatic carbocycles. The smallest absolute Gasteiger partial charge is 0.354 e. The van der Waals surface area contributed by atoms with Crippen molar-refractivity contribution in [1.82, 2.24) is 4.98 Å². The highest BCUT2D eigenvalue weighted by Crippen LogP contribution is 2.25. The Morgan fingerprint density at radius 3 is 2.89 bits per heavy atom. The first-order valence-corrected chi connectivity index (χ1v) is 5.58. The SMILES string of the molecule is C=CCN(C)c1nc(C(=O)O)cc2ccccc12. The van der Waals surface area contributed by atoms with Crippen LogP contribution < -0.4 is 4.90 Å². The van der Waals surface area contributed by atoms with Crippen LogP contribution in [0.4, 0.5) is 5.82 Å². The second kappa shape index (κ2) is 4.87. The molecule has 2 rings (SSSR count). The molecule has 0 radical (unpaired) electrons. The molecule has 1 heterocycles. The van der Waals surface area contributed by atoms with Crippen molar-refractivity contribution in [2.75, 3.05) is 18.5 Å². The van der Waals surface area contributed by atoms with Gasteiger partial charge in [0.05, 0.1) is 0 Å². The number of rotatable bonds is 4. The Bertz CT molecular complexity index is 608. The molecule has 0 spiro atoms. The third-order valence-corrected chi connectivity index (χ3v) is 2.70. The minimum Gasteiger partial charge on any atom is -0.477 e. The number of pyridine rings is 1. The summed E-state index contributed by atoms with van der Waals surface area (Å²) in [7, 11) is 1.86. The molecule has 0 aliphatic heterocycles. The maximum Gasteiger partial charge on any atom is 0.354 e. The van der Waals surface area contributed by atoms with E-state index in [1.54, 1.807) is 12.1 Å². The van der Waals surface area contributed by atoms with E-state index in [1.807, 2.05) is 36.2 Å². The molecule has 0 amide bonds. The molecule has 2 aromatic rings. The first-order valence-electron chi connectivity index (χ1n) is 5.58. The third-order valence-electron chi connectivity index (χ3n) is 2.70. The van der Waals surface area contributed by atoms with Crippen LogP contribution in [0, 0.1) is 0 Å². The minimum atomic E-state index is -1.02. The fourth-order valence-electron chi connectivity index (χ4n) is 1.86. The van der Waals surface area contributed by atoms with Gasteiger partial charge in [-0.2, -0.15) is 0 Å². The lowest BCUT2D eigenvalue weighted by molar-refractivity contribution is 0.0691. The predicted octanol–water partition coefficient (Wildman–Crippen LogP) is 2.56. The molecular formula is C14H14N2O2. The van der Waals surface area contributed by atoms with Gasteiger partial charge < -0.3 is 10.0 Å². The molecule has 1 aromatic heterocycles. The number of benzene rings is 1. The number of carboxylic acid groups (broad SMARTS) is 1. The largest absolute Gasteiger partial charge is 0.477 e. The van der Waals surface area contributed by atoms with E-state index in [9.17, 15) is 4.79 Å². The Labute approximate surface area is 105 Å². The summed E-state index contributed by atoms with van der Waals surface area (Å²) in [5, 5.41) is 10.9. The van der Waals surface area contributed by atoms with Gasteiger partial charge >= 0.3 is 5.97 Å². The van der Waals surface area contributed by atoms with E-state index in [0.717, 1.165) is 10.8 Å². The Balaban J connectivity index is 2.67. The molecule has 0 aliphatic carbocycles. The monoisotopic (exact) mass is 242 g/mol. The van der Waals surface area contributed by atoms with Crippen LogP contribution in [-0.2, 0) is 0 Å². The summed E-state index contributed by atoms with van der Waals surface area (Å²) in [6.45, 7) is 4.29. The van der Waals surface area contributed by atoms with Crippen LogP contribution in [0.15, 0.2) is 43.0 Å². The number of aromatic nitrogens is 1. The van der Waals surface area contributed by atoms with Crippen molar-refractivity contribution in [3.8, 4) is 0 Å². The van der Waals surface area contributed by atoms with Crippen molar-refractivity contribution in [3.63, 3.8) is 0 Å². The number of hydrogen-bond donors (Lipinski definition) is 1. The van der Waals surface area contributed by atoms with E-state index in [0.29, 0.717) is 12.4 Å². The molecule has 1 N–H and O–H groups in total. The number of anilines is 1. The summed E-state index contributed by atoms with van der Waals surface area (Å²) in [6, 6.07) is 9.20. The van der Waals surface area contributed by atoms with E-state index in [1.165, 1.54) is 0 Å². The van der Waals surface area contributed by atoms with Gasteiger partial charge in [-0.3, -0.25) is 0 Å². The Morgan fingerprint density at radius 2 is 2.22 bits per heavy atom. The highest BCUT2D eigenvalue weighted by Gasteiger charge is 2.12. The number of hydrogen-bond acceptors (Lipinski definition) is 3. The lowest BCUT2D eigenvalue weighted by Gasteiger charge is -2.18. The number of fused-ring (bicyclic) bond motifs is 1. The molecule has 4 nitrogen and oxygen atoms in total. The van der Waals surface area contributed by atoms with E-state index in [2.05, 4.69) is 11.6 Å². The zero-order valence-electron chi connectivity index (χ0n) is 10.1. The van der Waals surface area contributed by atoms with E-state index >= 15 is 0 Å². The van der Waals surface area contributed by atoms with Crippen LogP contribution in [0.5, 0.6) is 0 Å². The predicted molar refractivity (Wildman–Crippen MR) is 72.2 cm³/mol. The molecule has 0 aliphatic rings. The summed E-state index contributed by atoms with van der Waals surface area (Å²) in [4.78, 5) is 17.2. The Morgan fingerprint density at radius 1 is 1.50 bits per heavy atom. The van der Waals surface area contributed by atoms with Crippen LogP contribution in [-0.4, -0.2) is 29.7 Å². The summed E-state index contributed by atoms with van der Waals surface area (Å²) in [5.41, 5.74) is 0.0552. The summed E-state index contributed by atoms with van der Waals surface area (Å²) in [5.74, 6) is -0.362. The highest BCUT2D eigenvalue weighted by molar-refractivity contribution is 5.97. The van der Waals surface area contributed by atoms with Crippen molar-refractivity contribution in [1.29, 1.82) is 0 Å². The van der Waals surface area contributed by atoms with Gasteiger partial charge in [-0.1, -0.05) is 30.3 Å². The van der Waals surface area contributed by atoms with Gasteiger partial charge in [0.1, 0.15) is 5.82 Å². The van der Waals surface area contributed by atoms with Gasteiger partial charge in [-0.15, -0.1) is 6.58 Å². The summed E-state index contributed by atoms with van der Waals surface area (Å²) in [6.07, 6.45) is 1.75. The zero-order chi connectivity index (χ0) is 13.1. The standard InChI is InChI=1S/C14H14N2O2/c1-3-8-16(2)13-11-7-5-4-6-10(11)9-12(15-13)14(17)18/h3-7,9H,1,8H2,2H3,(H,17,18). The fourth-order valence-corrected chi connectivity index (χ4v) is 1.86. The fraction of sp³-hybridized carbons (Fsp3) is 0.143. The van der Waals surface area contributed by atoms with Gasteiger partial charge in [0.15, 0.2) is 5.69 Å². The maximum absolute atomic E-state index is 11.1. The summed E-state index contributed by atoms with van der Waals surface area (Å²) >= 11 is 0. The van der Waals surface area contributed by atoms with Crippen LogP contribution in [0.3, 0.4) is 0 Å². The number of nitrogens with zero attached hydrogens (tertiary/aromatic N) is 2. The quantitative estimate of drug-likeness (QED) is 0.837. The molecule has 92 valence electrons.